The molecular weight excluding hydrogens is 434 g/mol. The largest absolute Gasteiger partial charge is 3.00 e. The molecule has 1 aliphatic rings. The fourth-order valence-corrected chi connectivity index (χ4v) is 6.00. The van der Waals surface area contributed by atoms with E-state index >= 15 is 0 Å². The molecule has 1 nitrogen and oxygen atoms in total. The third-order valence-corrected chi connectivity index (χ3v) is 8.10. The van der Waals surface area contributed by atoms with Gasteiger partial charge in [0.05, 0.1) is 8.07 Å². The number of hydrogen-bond donors (Lipinski definition) is 1. The van der Waals surface area contributed by atoms with Gasteiger partial charge in [-0.3, -0.25) is 0 Å². The van der Waals surface area contributed by atoms with Crippen molar-refractivity contribution in [3.8, 4) is 0 Å². The van der Waals surface area contributed by atoms with Crippen LogP contribution in [0.1, 0.15) is 17.5 Å². The number of aliphatic hydroxyl groups is 1. The molecule has 0 saturated carbocycles. The Balaban J connectivity index is 0.00000176. The number of halogens is 2. The number of rotatable bonds is 4. The molecule has 0 amide bonds. The maximum absolute atomic E-state index is 9.39. The molecule has 0 aromatic heterocycles. The van der Waals surface area contributed by atoms with E-state index in [-0.39, 0.29) is 51.0 Å². The zero-order chi connectivity index (χ0) is 15.0. The molecule has 0 atom stereocenters. The number of allylic oxidation sites excluding steroid dienone is 4. The number of aliphatic hydroxyl groups excluding tert-OH is 1. The van der Waals surface area contributed by atoms with Crippen LogP contribution >= 0.6 is 0 Å². The minimum absolute atomic E-state index is 0. The molecule has 1 aliphatic carbocycles. The van der Waals surface area contributed by atoms with Crippen LogP contribution in [0.15, 0.2) is 47.7 Å². The normalized spacial score (nSPS) is 13.5. The molecule has 0 bridgehead atoms. The Bertz CT molecular complexity index is 747. The van der Waals surface area contributed by atoms with E-state index in [0.29, 0.717) is 6.61 Å². The predicted molar refractivity (Wildman–Crippen MR) is 94.3 cm³/mol. The van der Waals surface area contributed by atoms with Crippen LogP contribution in [0.3, 0.4) is 0 Å². The second-order valence-corrected chi connectivity index (χ2v) is 11.5. The van der Waals surface area contributed by atoms with Gasteiger partial charge in [0.1, 0.15) is 0 Å². The minimum atomic E-state index is -1.56. The van der Waals surface area contributed by atoms with Crippen molar-refractivity contribution >= 4 is 24.4 Å². The summed E-state index contributed by atoms with van der Waals surface area (Å²) in [6.45, 7) is 7.26. The monoisotopic (exact) mass is 455 g/mol. The SMILES string of the molecule is Cc1[cH-]c2ccccc2c1C1=C([Si](C)(C)CCO)C=CC1.[Cl-].[Cl-].[Zr+3]. The van der Waals surface area contributed by atoms with Crippen LogP contribution < -0.4 is 24.8 Å². The molecule has 0 saturated heterocycles. The Morgan fingerprint density at radius 1 is 1.17 bits per heavy atom. The number of hydrogen-bond acceptors (Lipinski definition) is 1. The molecule has 1 radical (unpaired) electrons. The van der Waals surface area contributed by atoms with Crippen LogP contribution in [0.25, 0.3) is 16.3 Å². The average Bonchev–Trinajstić information content (AvgIpc) is 3.01. The van der Waals surface area contributed by atoms with Gasteiger partial charge in [-0.1, -0.05) is 49.0 Å². The Labute approximate surface area is 177 Å². The summed E-state index contributed by atoms with van der Waals surface area (Å²) < 4.78 is 0. The topological polar surface area (TPSA) is 20.2 Å². The summed E-state index contributed by atoms with van der Waals surface area (Å²) in [6.07, 6.45) is 5.64. The Hall–Kier alpha value is -0.0500. The molecule has 3 rings (SSSR count). The summed E-state index contributed by atoms with van der Waals surface area (Å²) in [4.78, 5) is 0. The van der Waals surface area contributed by atoms with Crippen molar-refractivity contribution in [1.82, 2.24) is 0 Å². The van der Waals surface area contributed by atoms with Gasteiger partial charge in [-0.2, -0.15) is 0 Å². The zero-order valence-corrected chi connectivity index (χ0v) is 19.3. The van der Waals surface area contributed by atoms with Crippen molar-refractivity contribution < 1.29 is 56.1 Å². The van der Waals surface area contributed by atoms with Crippen LogP contribution in [0, 0.1) is 6.92 Å². The van der Waals surface area contributed by atoms with E-state index in [9.17, 15) is 5.11 Å². The van der Waals surface area contributed by atoms with Gasteiger partial charge in [-0.15, -0.1) is 46.2 Å². The van der Waals surface area contributed by atoms with Gasteiger partial charge in [0.25, 0.3) is 0 Å². The summed E-state index contributed by atoms with van der Waals surface area (Å²) in [6, 6.07) is 11.9. The summed E-state index contributed by atoms with van der Waals surface area (Å²) in [7, 11) is -1.56. The molecule has 2 aromatic carbocycles. The molecule has 0 fully saturated rings. The smallest absolute Gasteiger partial charge is 1.00 e. The molecule has 0 spiro atoms. The quantitative estimate of drug-likeness (QED) is 0.453. The fraction of sp³-hybridized carbons (Fsp3) is 0.316. The molecule has 0 aliphatic heterocycles. The molecule has 0 heterocycles. The van der Waals surface area contributed by atoms with Crippen molar-refractivity contribution in [2.24, 2.45) is 0 Å². The molecule has 1 N–H and O–H groups in total. The maximum Gasteiger partial charge on any atom is 3.00 e. The van der Waals surface area contributed by atoms with Gasteiger partial charge in [0, 0.05) is 6.61 Å². The number of benzene rings is 1. The molecule has 0 unspecified atom stereocenters. The summed E-state index contributed by atoms with van der Waals surface area (Å²) >= 11 is 0. The van der Waals surface area contributed by atoms with Gasteiger partial charge in [-0.25, -0.2) is 0 Å². The van der Waals surface area contributed by atoms with Gasteiger partial charge < -0.3 is 29.9 Å². The van der Waals surface area contributed by atoms with Crippen LogP contribution in [-0.4, -0.2) is 19.8 Å². The molecule has 24 heavy (non-hydrogen) atoms. The molecule has 2 aromatic rings. The van der Waals surface area contributed by atoms with E-state index < -0.39 is 8.07 Å². The van der Waals surface area contributed by atoms with E-state index in [4.69, 9.17) is 0 Å². The molecule has 5 heteroatoms. The summed E-state index contributed by atoms with van der Waals surface area (Å²) in [5, 5.41) is 13.6. The van der Waals surface area contributed by atoms with Gasteiger partial charge in [0.2, 0.25) is 0 Å². The molecular formula is C19H23Cl2OSiZr. The van der Waals surface area contributed by atoms with E-state index in [1.54, 1.807) is 0 Å². The second-order valence-electron chi connectivity index (χ2n) is 6.65. The first-order valence-corrected chi connectivity index (χ1v) is 10.9. The first kappa shape index (κ1) is 23.9. The van der Waals surface area contributed by atoms with Crippen LogP contribution in [0.2, 0.25) is 19.1 Å². The van der Waals surface area contributed by atoms with Crippen molar-refractivity contribution in [3.05, 3.63) is 58.8 Å². The van der Waals surface area contributed by atoms with Gasteiger partial charge >= 0.3 is 26.2 Å². The first-order chi connectivity index (χ1) is 10.0. The summed E-state index contributed by atoms with van der Waals surface area (Å²) in [5.74, 6) is 0. The zero-order valence-electron chi connectivity index (χ0n) is 14.4. The van der Waals surface area contributed by atoms with Gasteiger partial charge in [0.15, 0.2) is 0 Å². The Morgan fingerprint density at radius 3 is 2.50 bits per heavy atom. The Morgan fingerprint density at radius 2 is 1.83 bits per heavy atom. The number of fused-ring (bicyclic) bond motifs is 1. The number of aryl methyl sites for hydroxylation is 1. The third-order valence-electron chi connectivity index (χ3n) is 4.70. The van der Waals surface area contributed by atoms with E-state index in [1.807, 2.05) is 0 Å². The van der Waals surface area contributed by atoms with Crippen molar-refractivity contribution in [2.75, 3.05) is 6.61 Å². The fourth-order valence-electron chi connectivity index (χ4n) is 3.56. The van der Waals surface area contributed by atoms with Crippen molar-refractivity contribution in [3.63, 3.8) is 0 Å². The third kappa shape index (κ3) is 4.37. The standard InChI is InChI=1S/C19H23OSi.2ClH.Zr/c1-14-13-15-7-4-5-8-16(15)19(14)17-9-6-10-18(17)21(2,3)12-11-20;;;/h4-8,10,13,20H,9,11-12H2,1-3H3;2*1H;/q-1;;;+3/p-2. The average molecular weight is 458 g/mol. The second kappa shape index (κ2) is 9.59. The Kier molecular flexibility index (Phi) is 9.57. The van der Waals surface area contributed by atoms with Crippen LogP contribution in [0.4, 0.5) is 0 Å². The van der Waals surface area contributed by atoms with Crippen LogP contribution in [-0.2, 0) is 26.2 Å². The maximum atomic E-state index is 9.39. The van der Waals surface area contributed by atoms with E-state index in [1.165, 1.54) is 32.7 Å². The predicted octanol–water partition coefficient (Wildman–Crippen LogP) is -1.17. The minimum Gasteiger partial charge on any atom is -1.00 e. The van der Waals surface area contributed by atoms with Crippen LogP contribution in [0.5, 0.6) is 0 Å². The van der Waals surface area contributed by atoms with Crippen molar-refractivity contribution in [1.29, 1.82) is 0 Å². The van der Waals surface area contributed by atoms with E-state index in [2.05, 4.69) is 62.5 Å². The van der Waals surface area contributed by atoms with E-state index in [0.717, 1.165) is 12.5 Å². The summed E-state index contributed by atoms with van der Waals surface area (Å²) in [5.41, 5.74) is 4.31. The first-order valence-electron chi connectivity index (χ1n) is 7.71. The van der Waals surface area contributed by atoms with Gasteiger partial charge in [-0.05, 0) is 12.5 Å². The van der Waals surface area contributed by atoms with Crippen molar-refractivity contribution in [2.45, 2.75) is 32.5 Å². The molecule has 127 valence electrons.